The van der Waals surface area contributed by atoms with Gasteiger partial charge in [-0.15, -0.1) is 0 Å². The third-order valence-corrected chi connectivity index (χ3v) is 10.5. The SMILES string of the molecule is CCCCC[C@H]1CC[C@H](CC[C@H]2CC[C@H](c3ccc(C(F)(F)C(F)(F)C(F)(F)C(F)(F)C(F)(F)C(F)(F)C(F)(F)C(F)(F)F)cc3)CC2)CC1. The van der Waals surface area contributed by atoms with Gasteiger partial charge >= 0.3 is 47.6 Å². The lowest BCUT2D eigenvalue weighted by atomic mass is 9.74. The summed E-state index contributed by atoms with van der Waals surface area (Å²) in [4.78, 5) is 0. The first kappa shape index (κ1) is 42.4. The molecule has 0 unspecified atom stereocenters. The fourth-order valence-corrected chi connectivity index (χ4v) is 7.06. The van der Waals surface area contributed by atoms with Gasteiger partial charge in [0.1, 0.15) is 0 Å². The van der Waals surface area contributed by atoms with Crippen molar-refractivity contribution in [2.45, 2.75) is 150 Å². The van der Waals surface area contributed by atoms with E-state index < -0.39 is 53.2 Å². The first-order valence-electron chi connectivity index (χ1n) is 16.5. The highest BCUT2D eigenvalue weighted by atomic mass is 19.4. The summed E-state index contributed by atoms with van der Waals surface area (Å²) in [6.07, 6.45) is 6.52. The predicted molar refractivity (Wildman–Crippen MR) is 150 cm³/mol. The molecule has 2 fully saturated rings. The fourth-order valence-electron chi connectivity index (χ4n) is 7.06. The van der Waals surface area contributed by atoms with Crippen LogP contribution in [-0.2, 0) is 5.92 Å². The molecule has 0 N–H and O–H groups in total. The zero-order valence-corrected chi connectivity index (χ0v) is 26.9. The van der Waals surface area contributed by atoms with E-state index in [4.69, 9.17) is 0 Å². The van der Waals surface area contributed by atoms with E-state index in [0.717, 1.165) is 43.7 Å². The molecule has 0 radical (unpaired) electrons. The molecule has 0 amide bonds. The Balaban J connectivity index is 1.66. The molecule has 0 aromatic heterocycles. The number of unbranched alkanes of at least 4 members (excludes halogenated alkanes) is 2. The van der Waals surface area contributed by atoms with Crippen LogP contribution >= 0.6 is 0 Å². The van der Waals surface area contributed by atoms with Crippen molar-refractivity contribution in [2.24, 2.45) is 17.8 Å². The second-order valence-corrected chi connectivity index (χ2v) is 13.8. The molecule has 3 rings (SSSR count). The van der Waals surface area contributed by atoms with Crippen molar-refractivity contribution in [3.63, 3.8) is 0 Å². The van der Waals surface area contributed by atoms with Gasteiger partial charge < -0.3 is 0 Å². The molecule has 2 aliphatic carbocycles. The molecule has 0 atom stereocenters. The van der Waals surface area contributed by atoms with Crippen molar-refractivity contribution < 1.29 is 74.6 Å². The second kappa shape index (κ2) is 14.8. The standard InChI is InChI=1S/C33H39F17/c1-2-3-4-5-20-6-8-21(9-7-20)10-11-22-12-14-23(15-13-22)24-16-18-25(19-17-24)26(34,35)27(36,37)28(38,39)29(40,41)30(42,43)31(44,45)32(46,47)33(48,49)50/h16-23H,2-15H2,1H3/t20-,21-,22-,23-. The minimum Gasteiger partial charge on any atom is -0.194 e. The van der Waals surface area contributed by atoms with Gasteiger partial charge in [-0.05, 0) is 54.9 Å². The molecule has 2 saturated carbocycles. The zero-order valence-electron chi connectivity index (χ0n) is 26.9. The third-order valence-electron chi connectivity index (χ3n) is 10.5. The summed E-state index contributed by atoms with van der Waals surface area (Å²) < 4.78 is 232. The van der Waals surface area contributed by atoms with Crippen LogP contribution in [0.1, 0.15) is 114 Å². The molecule has 2 aliphatic rings. The van der Waals surface area contributed by atoms with Crippen molar-refractivity contribution in [3.05, 3.63) is 35.4 Å². The first-order chi connectivity index (χ1) is 22.7. The molecule has 1 aromatic rings. The lowest BCUT2D eigenvalue weighted by Crippen LogP contribution is -2.74. The highest BCUT2D eigenvalue weighted by molar-refractivity contribution is 5.31. The van der Waals surface area contributed by atoms with Crippen LogP contribution in [0.15, 0.2) is 24.3 Å². The minimum absolute atomic E-state index is 0.104. The van der Waals surface area contributed by atoms with E-state index in [1.807, 2.05) is 0 Å². The average Bonchev–Trinajstić information content (AvgIpc) is 3.03. The third kappa shape index (κ3) is 7.57. The largest absolute Gasteiger partial charge is 0.460 e. The van der Waals surface area contributed by atoms with E-state index in [1.54, 1.807) is 0 Å². The van der Waals surface area contributed by atoms with E-state index in [-0.39, 0.29) is 23.6 Å². The lowest BCUT2D eigenvalue weighted by Gasteiger charge is -2.42. The van der Waals surface area contributed by atoms with Crippen LogP contribution in [0.2, 0.25) is 0 Å². The van der Waals surface area contributed by atoms with Gasteiger partial charge in [0.2, 0.25) is 0 Å². The van der Waals surface area contributed by atoms with E-state index >= 15 is 0 Å². The van der Waals surface area contributed by atoms with Crippen LogP contribution in [0.4, 0.5) is 74.6 Å². The fraction of sp³-hybridized carbons (Fsp3) is 0.818. The second-order valence-electron chi connectivity index (χ2n) is 13.8. The van der Waals surface area contributed by atoms with E-state index in [2.05, 4.69) is 6.92 Å². The highest BCUT2D eigenvalue weighted by Gasteiger charge is 2.95. The summed E-state index contributed by atoms with van der Waals surface area (Å²) in [5.74, 6) is -54.9. The van der Waals surface area contributed by atoms with Gasteiger partial charge in [-0.3, -0.25) is 0 Å². The van der Waals surface area contributed by atoms with Crippen LogP contribution < -0.4 is 0 Å². The van der Waals surface area contributed by atoms with E-state index in [1.165, 1.54) is 51.4 Å². The van der Waals surface area contributed by atoms with E-state index in [0.29, 0.717) is 24.7 Å². The smallest absolute Gasteiger partial charge is 0.194 e. The van der Waals surface area contributed by atoms with Crippen LogP contribution in [0.25, 0.3) is 0 Å². The predicted octanol–water partition coefficient (Wildman–Crippen LogP) is 13.6. The number of alkyl halides is 17. The Morgan fingerprint density at radius 2 is 0.800 bits per heavy atom. The number of hydrogen-bond donors (Lipinski definition) is 0. The van der Waals surface area contributed by atoms with Crippen LogP contribution in [-0.4, -0.2) is 41.7 Å². The number of benzene rings is 1. The molecule has 0 nitrogen and oxygen atoms in total. The molecule has 50 heavy (non-hydrogen) atoms. The Labute approximate surface area is 278 Å². The Morgan fingerprint density at radius 1 is 0.440 bits per heavy atom. The highest BCUT2D eigenvalue weighted by Crippen LogP contribution is 2.65. The molecular formula is C33H39F17. The van der Waals surface area contributed by atoms with Crippen LogP contribution in [0, 0.1) is 17.8 Å². The molecule has 0 saturated heterocycles. The average molecular weight is 759 g/mol. The van der Waals surface area contributed by atoms with Crippen LogP contribution in [0.3, 0.4) is 0 Å². The van der Waals surface area contributed by atoms with Gasteiger partial charge in [-0.25, -0.2) is 0 Å². The van der Waals surface area contributed by atoms with E-state index in [9.17, 15) is 74.6 Å². The maximum absolute atomic E-state index is 14.7. The summed E-state index contributed by atoms with van der Waals surface area (Å²) in [5.41, 5.74) is -1.89. The molecular weight excluding hydrogens is 719 g/mol. The van der Waals surface area contributed by atoms with Gasteiger partial charge in [-0.1, -0.05) is 95.4 Å². The van der Waals surface area contributed by atoms with Gasteiger partial charge in [-0.2, -0.15) is 74.6 Å². The van der Waals surface area contributed by atoms with Gasteiger partial charge in [0, 0.05) is 5.56 Å². The summed E-state index contributed by atoms with van der Waals surface area (Å²) in [6.45, 7) is 2.16. The maximum atomic E-state index is 14.7. The maximum Gasteiger partial charge on any atom is 0.460 e. The minimum atomic E-state index is -8.63. The number of halogens is 17. The van der Waals surface area contributed by atoms with Crippen molar-refractivity contribution in [3.8, 4) is 0 Å². The van der Waals surface area contributed by atoms with Crippen molar-refractivity contribution in [1.82, 2.24) is 0 Å². The summed E-state index contributed by atoms with van der Waals surface area (Å²) >= 11 is 0. The van der Waals surface area contributed by atoms with Gasteiger partial charge in [0.15, 0.2) is 0 Å². The molecule has 17 heteroatoms. The van der Waals surface area contributed by atoms with Crippen molar-refractivity contribution in [1.29, 1.82) is 0 Å². The van der Waals surface area contributed by atoms with Crippen LogP contribution in [0.5, 0.6) is 0 Å². The zero-order chi connectivity index (χ0) is 38.2. The lowest BCUT2D eigenvalue weighted by molar-refractivity contribution is -0.462. The Bertz CT molecular complexity index is 1220. The summed E-state index contributed by atoms with van der Waals surface area (Å²) in [5, 5.41) is 0. The van der Waals surface area contributed by atoms with Crippen molar-refractivity contribution >= 4 is 0 Å². The summed E-state index contributed by atoms with van der Waals surface area (Å²) in [6, 6.07) is 1.78. The molecule has 0 heterocycles. The quantitative estimate of drug-likeness (QED) is 0.123. The topological polar surface area (TPSA) is 0 Å². The molecule has 0 aliphatic heterocycles. The molecule has 0 bridgehead atoms. The first-order valence-corrected chi connectivity index (χ1v) is 16.5. The summed E-state index contributed by atoms with van der Waals surface area (Å²) in [7, 11) is 0. The van der Waals surface area contributed by atoms with Crippen molar-refractivity contribution in [2.75, 3.05) is 0 Å². The number of hydrogen-bond acceptors (Lipinski definition) is 0. The molecule has 0 spiro atoms. The monoisotopic (exact) mass is 758 g/mol. The number of rotatable bonds is 15. The Morgan fingerprint density at radius 3 is 1.20 bits per heavy atom. The van der Waals surface area contributed by atoms with Gasteiger partial charge in [0.25, 0.3) is 0 Å². The normalized spacial score (nSPS) is 24.0. The van der Waals surface area contributed by atoms with Gasteiger partial charge in [0.05, 0.1) is 0 Å². The molecule has 1 aromatic carbocycles. The Hall–Kier alpha value is -1.97. The Kier molecular flexibility index (Phi) is 12.6. The molecule has 290 valence electrons.